The molecule has 2 aliphatic heterocycles. The average Bonchev–Trinajstić information content (AvgIpc) is 2.69. The number of nitrogens with one attached hydrogen (secondary N) is 1. The van der Waals surface area contributed by atoms with Crippen LogP contribution in [0.5, 0.6) is 0 Å². The fourth-order valence-corrected chi connectivity index (χ4v) is 5.60. The minimum atomic E-state index is -3.57. The first kappa shape index (κ1) is 19.8. The Balaban J connectivity index is 1.80. The number of carbonyl (C=O) groups is 2. The van der Waals surface area contributed by atoms with E-state index in [1.54, 1.807) is 23.4 Å². The van der Waals surface area contributed by atoms with E-state index in [2.05, 4.69) is 5.32 Å². The van der Waals surface area contributed by atoms with Crippen molar-refractivity contribution >= 4 is 21.8 Å². The predicted octanol–water partition coefficient (Wildman–Crippen LogP) is 1.60. The van der Waals surface area contributed by atoms with Gasteiger partial charge in [0.2, 0.25) is 15.9 Å². The lowest BCUT2D eigenvalue weighted by Crippen LogP contribution is -2.55. The van der Waals surface area contributed by atoms with Crippen LogP contribution in [0.4, 0.5) is 0 Å². The number of piperazine rings is 1. The first-order valence-corrected chi connectivity index (χ1v) is 11.0. The summed E-state index contributed by atoms with van der Waals surface area (Å²) in [6.45, 7) is 5.11. The van der Waals surface area contributed by atoms with E-state index in [0.717, 1.165) is 25.7 Å². The Labute approximate surface area is 160 Å². The smallest absolute Gasteiger partial charge is 0.254 e. The largest absolute Gasteiger partial charge is 0.353 e. The van der Waals surface area contributed by atoms with Crippen LogP contribution in [0.2, 0.25) is 0 Å². The first-order valence-electron chi connectivity index (χ1n) is 9.57. The Morgan fingerprint density at radius 2 is 1.89 bits per heavy atom. The van der Waals surface area contributed by atoms with Crippen LogP contribution in [0, 0.1) is 0 Å². The molecule has 3 rings (SSSR count). The maximum atomic E-state index is 13.0. The maximum absolute atomic E-state index is 13.0. The highest BCUT2D eigenvalue weighted by molar-refractivity contribution is 7.89. The molecule has 0 bridgehead atoms. The maximum Gasteiger partial charge on any atom is 0.254 e. The number of piperidine rings is 1. The summed E-state index contributed by atoms with van der Waals surface area (Å²) in [4.78, 5) is 26.2. The van der Waals surface area contributed by atoms with Crippen molar-refractivity contribution in [1.29, 1.82) is 0 Å². The monoisotopic (exact) mass is 393 g/mol. The van der Waals surface area contributed by atoms with Gasteiger partial charge in [0.1, 0.15) is 6.04 Å². The number of rotatable bonds is 4. The summed E-state index contributed by atoms with van der Waals surface area (Å²) in [6.07, 6.45) is 3.62. The first-order chi connectivity index (χ1) is 12.9. The van der Waals surface area contributed by atoms with E-state index in [1.807, 2.05) is 6.92 Å². The zero-order chi connectivity index (χ0) is 19.6. The molecule has 0 radical (unpaired) electrons. The number of benzene rings is 1. The van der Waals surface area contributed by atoms with E-state index in [1.165, 1.54) is 17.0 Å². The molecular weight excluding hydrogens is 366 g/mol. The summed E-state index contributed by atoms with van der Waals surface area (Å²) < 4.78 is 27.6. The van der Waals surface area contributed by atoms with Crippen LogP contribution in [0.1, 0.15) is 49.9 Å². The van der Waals surface area contributed by atoms with Crippen molar-refractivity contribution in [2.75, 3.05) is 19.6 Å². The summed E-state index contributed by atoms with van der Waals surface area (Å²) in [5.74, 6) is -0.435. The SMILES string of the molecule is CCC1CCCCN1S(=O)(=O)c1ccc(C(=O)N2CCNC(=O)C2C)cc1. The topological polar surface area (TPSA) is 86.8 Å². The van der Waals surface area contributed by atoms with Crippen LogP contribution in [0.25, 0.3) is 0 Å². The molecule has 0 aromatic heterocycles. The number of hydrogen-bond acceptors (Lipinski definition) is 4. The summed E-state index contributed by atoms with van der Waals surface area (Å²) in [6, 6.07) is 5.58. The highest BCUT2D eigenvalue weighted by Gasteiger charge is 2.33. The minimum absolute atomic E-state index is 0.0396. The van der Waals surface area contributed by atoms with Gasteiger partial charge < -0.3 is 10.2 Å². The second-order valence-electron chi connectivity index (χ2n) is 7.16. The Kier molecular flexibility index (Phi) is 5.86. The van der Waals surface area contributed by atoms with Crippen molar-refractivity contribution in [1.82, 2.24) is 14.5 Å². The average molecular weight is 394 g/mol. The van der Waals surface area contributed by atoms with Gasteiger partial charge in [0.25, 0.3) is 5.91 Å². The van der Waals surface area contributed by atoms with E-state index in [-0.39, 0.29) is 22.8 Å². The van der Waals surface area contributed by atoms with E-state index in [9.17, 15) is 18.0 Å². The summed E-state index contributed by atoms with van der Waals surface area (Å²) in [5, 5.41) is 2.73. The molecule has 0 saturated carbocycles. The Morgan fingerprint density at radius 1 is 1.19 bits per heavy atom. The van der Waals surface area contributed by atoms with Crippen molar-refractivity contribution in [3.63, 3.8) is 0 Å². The van der Waals surface area contributed by atoms with Gasteiger partial charge >= 0.3 is 0 Å². The van der Waals surface area contributed by atoms with Gasteiger partial charge in [-0.25, -0.2) is 8.42 Å². The molecule has 2 saturated heterocycles. The molecule has 7 nitrogen and oxygen atoms in total. The summed E-state index contributed by atoms with van der Waals surface area (Å²) in [7, 11) is -3.57. The van der Waals surface area contributed by atoms with Crippen molar-refractivity contribution in [3.05, 3.63) is 29.8 Å². The normalized spacial score (nSPS) is 24.5. The van der Waals surface area contributed by atoms with Crippen LogP contribution in [-0.2, 0) is 14.8 Å². The molecule has 2 aliphatic rings. The van der Waals surface area contributed by atoms with E-state index < -0.39 is 16.1 Å². The zero-order valence-corrected chi connectivity index (χ0v) is 16.7. The molecule has 1 aromatic carbocycles. The van der Waals surface area contributed by atoms with E-state index in [0.29, 0.717) is 25.2 Å². The Hall–Kier alpha value is -1.93. The highest BCUT2D eigenvalue weighted by atomic mass is 32.2. The second-order valence-corrected chi connectivity index (χ2v) is 9.05. The lowest BCUT2D eigenvalue weighted by atomic mass is 10.0. The molecule has 1 N–H and O–H groups in total. The van der Waals surface area contributed by atoms with Crippen molar-refractivity contribution < 1.29 is 18.0 Å². The summed E-state index contributed by atoms with van der Waals surface area (Å²) >= 11 is 0. The molecule has 2 amide bonds. The minimum Gasteiger partial charge on any atom is -0.353 e. The number of amides is 2. The third-order valence-electron chi connectivity index (χ3n) is 5.51. The Morgan fingerprint density at radius 3 is 2.56 bits per heavy atom. The molecule has 0 aliphatic carbocycles. The molecule has 0 spiro atoms. The standard InChI is InChI=1S/C19H27N3O4S/c1-3-16-6-4-5-12-22(16)27(25,26)17-9-7-15(8-10-17)19(24)21-13-11-20-18(23)14(21)2/h7-10,14,16H,3-6,11-13H2,1-2H3,(H,20,23). The molecular formula is C19H27N3O4S. The van der Waals surface area contributed by atoms with Crippen LogP contribution >= 0.6 is 0 Å². The number of sulfonamides is 1. The quantitative estimate of drug-likeness (QED) is 0.842. The number of hydrogen-bond donors (Lipinski definition) is 1. The lowest BCUT2D eigenvalue weighted by Gasteiger charge is -2.34. The zero-order valence-electron chi connectivity index (χ0n) is 15.8. The Bertz CT molecular complexity index is 807. The molecule has 2 heterocycles. The van der Waals surface area contributed by atoms with Gasteiger partial charge in [-0.3, -0.25) is 9.59 Å². The predicted molar refractivity (Wildman–Crippen MR) is 102 cm³/mol. The molecule has 8 heteroatoms. The molecule has 148 valence electrons. The van der Waals surface area contributed by atoms with Gasteiger partial charge in [0.15, 0.2) is 0 Å². The fraction of sp³-hybridized carbons (Fsp3) is 0.579. The number of nitrogens with zero attached hydrogens (tertiary/aromatic N) is 2. The highest BCUT2D eigenvalue weighted by Crippen LogP contribution is 2.27. The van der Waals surface area contributed by atoms with E-state index >= 15 is 0 Å². The van der Waals surface area contributed by atoms with Crippen molar-refractivity contribution in [3.8, 4) is 0 Å². The molecule has 2 fully saturated rings. The van der Waals surface area contributed by atoms with Crippen LogP contribution < -0.4 is 5.32 Å². The third kappa shape index (κ3) is 3.87. The van der Waals surface area contributed by atoms with Crippen LogP contribution in [-0.4, -0.2) is 61.2 Å². The van der Waals surface area contributed by atoms with Gasteiger partial charge in [-0.05, 0) is 50.5 Å². The summed E-state index contributed by atoms with van der Waals surface area (Å²) in [5.41, 5.74) is 0.390. The van der Waals surface area contributed by atoms with Gasteiger partial charge in [-0.1, -0.05) is 13.3 Å². The van der Waals surface area contributed by atoms with Crippen molar-refractivity contribution in [2.45, 2.75) is 56.5 Å². The van der Waals surface area contributed by atoms with Crippen LogP contribution in [0.15, 0.2) is 29.2 Å². The van der Waals surface area contributed by atoms with Crippen LogP contribution in [0.3, 0.4) is 0 Å². The van der Waals surface area contributed by atoms with Gasteiger partial charge in [-0.15, -0.1) is 0 Å². The van der Waals surface area contributed by atoms with Gasteiger partial charge in [0, 0.05) is 31.2 Å². The van der Waals surface area contributed by atoms with E-state index in [4.69, 9.17) is 0 Å². The lowest BCUT2D eigenvalue weighted by molar-refractivity contribution is -0.127. The van der Waals surface area contributed by atoms with Crippen molar-refractivity contribution in [2.24, 2.45) is 0 Å². The van der Waals surface area contributed by atoms with Gasteiger partial charge in [0.05, 0.1) is 4.90 Å². The molecule has 27 heavy (non-hydrogen) atoms. The van der Waals surface area contributed by atoms with Gasteiger partial charge in [-0.2, -0.15) is 4.31 Å². The third-order valence-corrected chi connectivity index (χ3v) is 7.48. The molecule has 2 atom stereocenters. The molecule has 1 aromatic rings. The fourth-order valence-electron chi connectivity index (χ4n) is 3.83. The number of carbonyl (C=O) groups excluding carboxylic acids is 2. The molecule has 2 unspecified atom stereocenters. The second kappa shape index (κ2) is 7.98.